The van der Waals surface area contributed by atoms with E-state index in [0.29, 0.717) is 10.8 Å². The number of nitrogens with two attached hydrogens (primary N) is 1. The molecule has 24 heavy (non-hydrogen) atoms. The molecule has 0 bridgehead atoms. The van der Waals surface area contributed by atoms with E-state index < -0.39 is 10.0 Å². The summed E-state index contributed by atoms with van der Waals surface area (Å²) in [5.74, 6) is 0.195. The van der Waals surface area contributed by atoms with E-state index in [4.69, 9.17) is 21.5 Å². The Balaban J connectivity index is 1.91. The first-order valence-electron chi connectivity index (χ1n) is 7.06. The Morgan fingerprint density at radius 1 is 1.25 bits per heavy atom. The molecular formula is C16H17ClN2O4S. The number of carbonyl (C=O) groups is 1. The van der Waals surface area contributed by atoms with Crippen LogP contribution in [0.25, 0.3) is 0 Å². The smallest absolute Gasteiger partial charge is 0.258 e. The van der Waals surface area contributed by atoms with E-state index in [0.717, 1.165) is 5.56 Å². The zero-order chi connectivity index (χ0) is 17.7. The van der Waals surface area contributed by atoms with Crippen LogP contribution in [0, 0.1) is 0 Å². The van der Waals surface area contributed by atoms with Crippen molar-refractivity contribution in [3.8, 4) is 5.75 Å². The Bertz CT molecular complexity index is 822. The summed E-state index contributed by atoms with van der Waals surface area (Å²) in [4.78, 5) is 11.9. The van der Waals surface area contributed by atoms with Gasteiger partial charge in [0.25, 0.3) is 5.91 Å². The third-order valence-electron chi connectivity index (χ3n) is 3.25. The Labute approximate surface area is 145 Å². The molecule has 8 heteroatoms. The van der Waals surface area contributed by atoms with Crippen molar-refractivity contribution < 1.29 is 17.9 Å². The Morgan fingerprint density at radius 2 is 1.92 bits per heavy atom. The van der Waals surface area contributed by atoms with E-state index >= 15 is 0 Å². The van der Waals surface area contributed by atoms with E-state index in [1.54, 1.807) is 43.3 Å². The lowest BCUT2D eigenvalue weighted by Gasteiger charge is -2.15. The zero-order valence-electron chi connectivity index (χ0n) is 12.9. The van der Waals surface area contributed by atoms with Crippen LogP contribution >= 0.6 is 11.6 Å². The second-order valence-corrected chi connectivity index (χ2v) is 7.15. The molecule has 0 saturated heterocycles. The van der Waals surface area contributed by atoms with Crippen LogP contribution in [0.3, 0.4) is 0 Å². The fraction of sp³-hybridized carbons (Fsp3) is 0.188. The summed E-state index contributed by atoms with van der Waals surface area (Å²) in [5, 5.41) is 8.33. The number of benzene rings is 2. The van der Waals surface area contributed by atoms with Gasteiger partial charge < -0.3 is 10.1 Å². The molecule has 128 valence electrons. The SMILES string of the molecule is CC(NC(=O)COc1cccc(Cl)c1)c1ccc(S(N)(=O)=O)cc1. The summed E-state index contributed by atoms with van der Waals surface area (Å²) >= 11 is 5.84. The molecular weight excluding hydrogens is 352 g/mol. The average molecular weight is 369 g/mol. The number of ether oxygens (including phenoxy) is 1. The maximum Gasteiger partial charge on any atom is 0.258 e. The fourth-order valence-electron chi connectivity index (χ4n) is 2.02. The van der Waals surface area contributed by atoms with Gasteiger partial charge in [-0.3, -0.25) is 4.79 Å². The van der Waals surface area contributed by atoms with E-state index in [9.17, 15) is 13.2 Å². The highest BCUT2D eigenvalue weighted by atomic mass is 35.5. The standard InChI is InChI=1S/C16H17ClN2O4S/c1-11(12-5-7-15(8-6-12)24(18,21)22)19-16(20)10-23-14-4-2-3-13(17)9-14/h2-9,11H,10H2,1H3,(H,19,20)(H2,18,21,22). The highest BCUT2D eigenvalue weighted by molar-refractivity contribution is 7.89. The van der Waals surface area contributed by atoms with Gasteiger partial charge in [-0.2, -0.15) is 0 Å². The van der Waals surface area contributed by atoms with Crippen molar-refractivity contribution in [2.24, 2.45) is 5.14 Å². The van der Waals surface area contributed by atoms with Crippen LogP contribution in [0.4, 0.5) is 0 Å². The predicted octanol–water partition coefficient (Wildman–Crippen LogP) is 2.24. The number of sulfonamides is 1. The van der Waals surface area contributed by atoms with Crippen molar-refractivity contribution in [3.05, 3.63) is 59.1 Å². The van der Waals surface area contributed by atoms with Crippen molar-refractivity contribution in [3.63, 3.8) is 0 Å². The lowest BCUT2D eigenvalue weighted by molar-refractivity contribution is -0.123. The molecule has 0 heterocycles. The van der Waals surface area contributed by atoms with E-state index in [2.05, 4.69) is 5.32 Å². The van der Waals surface area contributed by atoms with Crippen molar-refractivity contribution in [2.45, 2.75) is 17.9 Å². The van der Waals surface area contributed by atoms with Gasteiger partial charge in [0.1, 0.15) is 5.75 Å². The Kier molecular flexibility index (Phi) is 5.82. The minimum atomic E-state index is -3.73. The van der Waals surface area contributed by atoms with Crippen LogP contribution in [-0.4, -0.2) is 20.9 Å². The number of amides is 1. The van der Waals surface area contributed by atoms with Crippen molar-refractivity contribution in [2.75, 3.05) is 6.61 Å². The van der Waals surface area contributed by atoms with Crippen LogP contribution in [0.1, 0.15) is 18.5 Å². The Hall–Kier alpha value is -2.09. The molecule has 1 atom stereocenters. The molecule has 1 amide bonds. The highest BCUT2D eigenvalue weighted by Gasteiger charge is 2.12. The number of nitrogens with one attached hydrogen (secondary N) is 1. The van der Waals surface area contributed by atoms with Gasteiger partial charge >= 0.3 is 0 Å². The first kappa shape index (κ1) is 18.3. The van der Waals surface area contributed by atoms with Gasteiger partial charge in [-0.15, -0.1) is 0 Å². The zero-order valence-corrected chi connectivity index (χ0v) is 14.5. The molecule has 3 N–H and O–H groups in total. The average Bonchev–Trinajstić information content (AvgIpc) is 2.52. The van der Waals surface area contributed by atoms with Gasteiger partial charge in [0.2, 0.25) is 10.0 Å². The molecule has 0 radical (unpaired) electrons. The summed E-state index contributed by atoms with van der Waals surface area (Å²) in [5.41, 5.74) is 0.749. The second kappa shape index (κ2) is 7.65. The number of halogens is 1. The third-order valence-corrected chi connectivity index (χ3v) is 4.42. The molecule has 0 fully saturated rings. The third kappa shape index (κ3) is 5.23. The molecule has 6 nitrogen and oxygen atoms in total. The van der Waals surface area contributed by atoms with Crippen LogP contribution in [0.15, 0.2) is 53.4 Å². The Morgan fingerprint density at radius 3 is 2.50 bits per heavy atom. The molecule has 2 rings (SSSR count). The predicted molar refractivity (Wildman–Crippen MR) is 91.3 cm³/mol. The van der Waals surface area contributed by atoms with Gasteiger partial charge in [-0.25, -0.2) is 13.6 Å². The highest BCUT2D eigenvalue weighted by Crippen LogP contribution is 2.18. The topological polar surface area (TPSA) is 98.5 Å². The fourth-order valence-corrected chi connectivity index (χ4v) is 2.71. The van der Waals surface area contributed by atoms with Crippen LogP contribution in [0.2, 0.25) is 5.02 Å². The quantitative estimate of drug-likeness (QED) is 0.816. The van der Waals surface area contributed by atoms with E-state index in [1.165, 1.54) is 12.1 Å². The molecule has 0 saturated carbocycles. The molecule has 2 aromatic carbocycles. The van der Waals surface area contributed by atoms with E-state index in [-0.39, 0.29) is 23.5 Å². The minimum absolute atomic E-state index is 0.0223. The monoisotopic (exact) mass is 368 g/mol. The molecule has 0 aliphatic rings. The molecule has 0 aromatic heterocycles. The summed E-state index contributed by atoms with van der Waals surface area (Å²) in [6.45, 7) is 1.63. The van der Waals surface area contributed by atoms with Gasteiger partial charge in [0.05, 0.1) is 10.9 Å². The van der Waals surface area contributed by atoms with Crippen LogP contribution < -0.4 is 15.2 Å². The molecule has 0 spiro atoms. The second-order valence-electron chi connectivity index (χ2n) is 5.15. The summed E-state index contributed by atoms with van der Waals surface area (Å²) in [7, 11) is -3.73. The van der Waals surface area contributed by atoms with Crippen molar-refractivity contribution >= 4 is 27.5 Å². The molecule has 2 aromatic rings. The number of primary sulfonamides is 1. The number of hydrogen-bond donors (Lipinski definition) is 2. The van der Waals surface area contributed by atoms with Crippen molar-refractivity contribution in [1.82, 2.24) is 5.32 Å². The summed E-state index contributed by atoms with van der Waals surface area (Å²) in [6, 6.07) is 12.4. The van der Waals surface area contributed by atoms with Gasteiger partial charge in [0, 0.05) is 5.02 Å². The minimum Gasteiger partial charge on any atom is -0.484 e. The molecule has 1 unspecified atom stereocenters. The maximum absolute atomic E-state index is 11.9. The van der Waals surface area contributed by atoms with Crippen molar-refractivity contribution in [1.29, 1.82) is 0 Å². The number of rotatable bonds is 6. The summed E-state index contributed by atoms with van der Waals surface area (Å²) < 4.78 is 27.8. The van der Waals surface area contributed by atoms with Crippen LogP contribution in [-0.2, 0) is 14.8 Å². The summed E-state index contributed by atoms with van der Waals surface area (Å²) in [6.07, 6.45) is 0. The van der Waals surface area contributed by atoms with Gasteiger partial charge in [-0.05, 0) is 42.8 Å². The molecule has 0 aliphatic heterocycles. The van der Waals surface area contributed by atoms with E-state index in [1.807, 2.05) is 0 Å². The maximum atomic E-state index is 11.9. The lowest BCUT2D eigenvalue weighted by atomic mass is 10.1. The number of carbonyl (C=O) groups excluding carboxylic acids is 1. The van der Waals surface area contributed by atoms with Gasteiger partial charge in [0.15, 0.2) is 6.61 Å². The first-order valence-corrected chi connectivity index (χ1v) is 8.98. The largest absolute Gasteiger partial charge is 0.484 e. The van der Waals surface area contributed by atoms with Gasteiger partial charge in [-0.1, -0.05) is 29.8 Å². The van der Waals surface area contributed by atoms with Crippen LogP contribution in [0.5, 0.6) is 5.75 Å². The normalized spacial score (nSPS) is 12.5. The lowest BCUT2D eigenvalue weighted by Crippen LogP contribution is -2.31. The number of hydrogen-bond acceptors (Lipinski definition) is 4. The first-order chi connectivity index (χ1) is 11.3. The molecule has 0 aliphatic carbocycles.